The molecule has 48 valence electrons. The van der Waals surface area contributed by atoms with Crippen molar-refractivity contribution in [3.63, 3.8) is 0 Å². The molecule has 0 aromatic carbocycles. The lowest BCUT2D eigenvalue weighted by atomic mass is 10.5. The molecule has 0 aromatic heterocycles. The summed E-state index contributed by atoms with van der Waals surface area (Å²) in [5.41, 5.74) is 0. The fraction of sp³-hybridized carbons (Fsp3) is 0.500. The van der Waals surface area contributed by atoms with Crippen LogP contribution in [0, 0.1) is 12.3 Å². The molecule has 1 fully saturated rings. The molecule has 1 heterocycles. The van der Waals surface area contributed by atoms with Crippen molar-refractivity contribution < 1.29 is 14.3 Å². The van der Waals surface area contributed by atoms with Gasteiger partial charge in [-0.05, 0) is 0 Å². The van der Waals surface area contributed by atoms with E-state index in [4.69, 9.17) is 11.2 Å². The molecule has 1 unspecified atom stereocenters. The second-order valence-corrected chi connectivity index (χ2v) is 1.70. The van der Waals surface area contributed by atoms with E-state index in [0.717, 1.165) is 0 Å². The summed E-state index contributed by atoms with van der Waals surface area (Å²) in [6.45, 7) is 0.973. The maximum Gasteiger partial charge on any atom is 0.384 e. The fourth-order valence-corrected chi connectivity index (χ4v) is 0.375. The fourth-order valence-electron chi connectivity index (χ4n) is 0.375. The summed E-state index contributed by atoms with van der Waals surface area (Å²) in [6.07, 6.45) is 4.81. The molecule has 0 aromatic rings. The minimum Gasteiger partial charge on any atom is -0.453 e. The van der Waals surface area contributed by atoms with Crippen LogP contribution in [-0.4, -0.2) is 25.3 Å². The minimum absolute atomic E-state index is 0.0994. The molecule has 1 saturated heterocycles. The van der Waals surface area contributed by atoms with Gasteiger partial charge in [-0.25, -0.2) is 4.79 Å². The van der Waals surface area contributed by atoms with Gasteiger partial charge in [-0.3, -0.25) is 0 Å². The molecule has 1 atom stereocenters. The second-order valence-electron chi connectivity index (χ2n) is 1.70. The Morgan fingerprint density at radius 1 is 2.00 bits per heavy atom. The van der Waals surface area contributed by atoms with Gasteiger partial charge in [0.05, 0.1) is 6.61 Å². The minimum atomic E-state index is -0.620. The Labute approximate surface area is 52.9 Å². The molecular weight excluding hydrogens is 120 g/mol. The Kier molecular flexibility index (Phi) is 1.71. The molecule has 0 amide bonds. The lowest BCUT2D eigenvalue weighted by Gasteiger charge is -1.93. The number of carbonyl (C=O) groups excluding carboxylic acids is 1. The Morgan fingerprint density at radius 3 is 3.11 bits per heavy atom. The van der Waals surface area contributed by atoms with E-state index < -0.39 is 5.97 Å². The molecule has 1 rings (SSSR count). The molecule has 0 bridgehead atoms. The summed E-state index contributed by atoms with van der Waals surface area (Å²) in [4.78, 5) is 10.2. The third kappa shape index (κ3) is 2.15. The SMILES string of the molecule is C#CC(=O)OCC1CO1. The van der Waals surface area contributed by atoms with Crippen LogP contribution in [0.25, 0.3) is 0 Å². The first-order valence-corrected chi connectivity index (χ1v) is 2.58. The van der Waals surface area contributed by atoms with Crippen molar-refractivity contribution >= 4 is 5.97 Å². The maximum atomic E-state index is 10.2. The maximum absolute atomic E-state index is 10.2. The van der Waals surface area contributed by atoms with Gasteiger partial charge >= 0.3 is 5.97 Å². The van der Waals surface area contributed by atoms with Gasteiger partial charge in [-0.1, -0.05) is 0 Å². The zero-order chi connectivity index (χ0) is 6.69. The molecule has 3 heteroatoms. The summed E-state index contributed by atoms with van der Waals surface area (Å²) < 4.78 is 9.27. The molecule has 9 heavy (non-hydrogen) atoms. The lowest BCUT2D eigenvalue weighted by molar-refractivity contribution is -0.137. The number of epoxide rings is 1. The first-order chi connectivity index (χ1) is 4.33. The van der Waals surface area contributed by atoms with Crippen LogP contribution in [0.5, 0.6) is 0 Å². The molecule has 0 N–H and O–H groups in total. The summed E-state index contributed by atoms with van der Waals surface area (Å²) in [5, 5.41) is 0. The highest BCUT2D eigenvalue weighted by Gasteiger charge is 2.23. The van der Waals surface area contributed by atoms with Gasteiger partial charge in [-0.2, -0.15) is 0 Å². The topological polar surface area (TPSA) is 38.8 Å². The highest BCUT2D eigenvalue weighted by molar-refractivity contribution is 5.87. The van der Waals surface area contributed by atoms with Crippen LogP contribution in [0.4, 0.5) is 0 Å². The average molecular weight is 126 g/mol. The Morgan fingerprint density at radius 2 is 2.67 bits per heavy atom. The van der Waals surface area contributed by atoms with Crippen molar-refractivity contribution in [2.24, 2.45) is 0 Å². The third-order valence-corrected chi connectivity index (χ3v) is 0.921. The van der Waals surface area contributed by atoms with Gasteiger partial charge in [0.15, 0.2) is 0 Å². The number of terminal acetylenes is 1. The summed E-state index contributed by atoms with van der Waals surface area (Å²) in [5.74, 6) is 1.21. The van der Waals surface area contributed by atoms with Crippen molar-refractivity contribution in [2.75, 3.05) is 13.2 Å². The molecule has 0 spiro atoms. The van der Waals surface area contributed by atoms with E-state index in [1.807, 2.05) is 5.92 Å². The number of hydrogen-bond acceptors (Lipinski definition) is 3. The van der Waals surface area contributed by atoms with E-state index >= 15 is 0 Å². The number of esters is 1. The van der Waals surface area contributed by atoms with Crippen LogP contribution in [-0.2, 0) is 14.3 Å². The normalized spacial score (nSPS) is 22.3. The first-order valence-electron chi connectivity index (χ1n) is 2.58. The van der Waals surface area contributed by atoms with Crippen LogP contribution in [0.3, 0.4) is 0 Å². The molecular formula is C6H6O3. The van der Waals surface area contributed by atoms with Gasteiger partial charge in [0.25, 0.3) is 0 Å². The largest absolute Gasteiger partial charge is 0.453 e. The Balaban J connectivity index is 2.04. The van der Waals surface area contributed by atoms with Crippen molar-refractivity contribution in [3.8, 4) is 12.3 Å². The van der Waals surface area contributed by atoms with Crippen molar-refractivity contribution in [1.29, 1.82) is 0 Å². The summed E-state index contributed by atoms with van der Waals surface area (Å²) in [7, 11) is 0. The van der Waals surface area contributed by atoms with Gasteiger partial charge in [0, 0.05) is 5.92 Å². The predicted molar refractivity (Wildman–Crippen MR) is 29.5 cm³/mol. The monoisotopic (exact) mass is 126 g/mol. The predicted octanol–water partition coefficient (Wildman–Crippen LogP) is -0.438. The van der Waals surface area contributed by atoms with E-state index in [9.17, 15) is 4.79 Å². The molecule has 1 aliphatic heterocycles. The zero-order valence-corrected chi connectivity index (χ0v) is 4.79. The summed E-state index contributed by atoms with van der Waals surface area (Å²) >= 11 is 0. The number of rotatable bonds is 2. The number of hydrogen-bond donors (Lipinski definition) is 0. The molecule has 1 aliphatic rings. The highest BCUT2D eigenvalue weighted by atomic mass is 16.6. The number of carbonyl (C=O) groups is 1. The Bertz CT molecular complexity index is 152. The van der Waals surface area contributed by atoms with Crippen molar-refractivity contribution in [2.45, 2.75) is 6.10 Å². The first kappa shape index (κ1) is 6.12. The quantitative estimate of drug-likeness (QED) is 0.218. The van der Waals surface area contributed by atoms with Gasteiger partial charge in [-0.15, -0.1) is 6.42 Å². The lowest BCUT2D eigenvalue weighted by Crippen LogP contribution is -2.06. The van der Waals surface area contributed by atoms with Gasteiger partial charge in [0.2, 0.25) is 0 Å². The second kappa shape index (κ2) is 2.51. The van der Waals surface area contributed by atoms with E-state index in [2.05, 4.69) is 4.74 Å². The average Bonchev–Trinajstić information content (AvgIpc) is 2.65. The molecule has 0 radical (unpaired) electrons. The number of ether oxygens (including phenoxy) is 2. The molecule has 0 saturated carbocycles. The smallest absolute Gasteiger partial charge is 0.384 e. The van der Waals surface area contributed by atoms with Gasteiger partial charge in [0.1, 0.15) is 12.7 Å². The van der Waals surface area contributed by atoms with Crippen molar-refractivity contribution in [3.05, 3.63) is 0 Å². The van der Waals surface area contributed by atoms with E-state index in [1.165, 1.54) is 0 Å². The van der Waals surface area contributed by atoms with Crippen LogP contribution in [0.1, 0.15) is 0 Å². The molecule has 3 nitrogen and oxygen atoms in total. The van der Waals surface area contributed by atoms with E-state index in [1.54, 1.807) is 0 Å². The summed E-state index contributed by atoms with van der Waals surface area (Å²) in [6, 6.07) is 0. The van der Waals surface area contributed by atoms with Crippen LogP contribution >= 0.6 is 0 Å². The highest BCUT2D eigenvalue weighted by Crippen LogP contribution is 2.07. The van der Waals surface area contributed by atoms with Gasteiger partial charge < -0.3 is 9.47 Å². The van der Waals surface area contributed by atoms with E-state index in [0.29, 0.717) is 13.2 Å². The molecule has 0 aliphatic carbocycles. The van der Waals surface area contributed by atoms with E-state index in [-0.39, 0.29) is 6.10 Å². The van der Waals surface area contributed by atoms with Crippen LogP contribution < -0.4 is 0 Å². The standard InChI is InChI=1S/C6H6O3/c1-2-6(7)9-4-5-3-8-5/h1,5H,3-4H2. The zero-order valence-electron chi connectivity index (χ0n) is 4.79. The van der Waals surface area contributed by atoms with Crippen LogP contribution in [0.15, 0.2) is 0 Å². The third-order valence-electron chi connectivity index (χ3n) is 0.921. The van der Waals surface area contributed by atoms with Crippen molar-refractivity contribution in [1.82, 2.24) is 0 Å². The Hall–Kier alpha value is -1.01. The van der Waals surface area contributed by atoms with Crippen LogP contribution in [0.2, 0.25) is 0 Å².